The number of non-ortho nitro benzene ring substituents is 1. The van der Waals surface area contributed by atoms with Crippen molar-refractivity contribution in [2.24, 2.45) is 0 Å². The number of hydrogen-bond donors (Lipinski definition) is 3. The number of carbonyl (C=O) groups is 3. The highest BCUT2D eigenvalue weighted by atomic mass is 16.6. The van der Waals surface area contributed by atoms with Crippen molar-refractivity contribution in [3.8, 4) is 0 Å². The van der Waals surface area contributed by atoms with Gasteiger partial charge in [0, 0.05) is 18.6 Å². The van der Waals surface area contributed by atoms with Crippen LogP contribution < -0.4 is 10.6 Å². The Hall–Kier alpha value is -2.97. The number of nitrogens with one attached hydrogen (secondary N) is 2. The van der Waals surface area contributed by atoms with Gasteiger partial charge in [-0.2, -0.15) is 0 Å². The Morgan fingerprint density at radius 1 is 1.38 bits per heavy atom. The summed E-state index contributed by atoms with van der Waals surface area (Å²) in [5.74, 6) is -1.87. The first-order valence-electron chi connectivity index (χ1n) is 5.95. The smallest absolute Gasteiger partial charge is 0.322 e. The zero-order chi connectivity index (χ0) is 15.6. The van der Waals surface area contributed by atoms with Crippen molar-refractivity contribution in [3.63, 3.8) is 0 Å². The lowest BCUT2D eigenvalue weighted by atomic mass is 9.85. The van der Waals surface area contributed by atoms with E-state index in [9.17, 15) is 24.5 Å². The summed E-state index contributed by atoms with van der Waals surface area (Å²) in [7, 11) is 0. The fourth-order valence-corrected chi connectivity index (χ4v) is 2.19. The van der Waals surface area contributed by atoms with Gasteiger partial charge in [0.05, 0.1) is 4.92 Å². The lowest BCUT2D eigenvalue weighted by Gasteiger charge is -2.25. The molecule has 1 fully saturated rings. The fourth-order valence-electron chi connectivity index (χ4n) is 2.19. The molecule has 3 N–H and O–H groups in total. The number of amides is 3. The van der Waals surface area contributed by atoms with E-state index in [4.69, 9.17) is 5.11 Å². The number of nitro groups is 1. The summed E-state index contributed by atoms with van der Waals surface area (Å²) < 4.78 is 0. The predicted octanol–water partition coefficient (Wildman–Crippen LogP) is 0.494. The van der Waals surface area contributed by atoms with E-state index in [1.165, 1.54) is 18.2 Å². The zero-order valence-corrected chi connectivity index (χ0v) is 10.7. The standard InChI is InChI=1S/C12H11N3O6/c16-9(17)4-5-12(10(18)13-11(19)14-12)7-2-1-3-8(6-7)15(20)21/h1-3,6H,4-5H2,(H,16,17)(H2,13,14,18,19). The van der Waals surface area contributed by atoms with Crippen molar-refractivity contribution >= 4 is 23.6 Å². The van der Waals surface area contributed by atoms with Gasteiger partial charge >= 0.3 is 12.0 Å². The molecule has 1 atom stereocenters. The molecule has 9 nitrogen and oxygen atoms in total. The number of nitro benzene ring substituents is 1. The monoisotopic (exact) mass is 293 g/mol. The minimum atomic E-state index is -1.61. The molecule has 21 heavy (non-hydrogen) atoms. The van der Waals surface area contributed by atoms with Crippen LogP contribution in [0.1, 0.15) is 18.4 Å². The molecule has 110 valence electrons. The van der Waals surface area contributed by atoms with Crippen LogP contribution >= 0.6 is 0 Å². The first kappa shape index (κ1) is 14.4. The molecule has 0 spiro atoms. The number of carboxylic acid groups (broad SMARTS) is 1. The molecule has 0 radical (unpaired) electrons. The van der Waals surface area contributed by atoms with E-state index in [-0.39, 0.29) is 24.1 Å². The Balaban J connectivity index is 2.47. The highest BCUT2D eigenvalue weighted by Gasteiger charge is 2.48. The molecule has 1 heterocycles. The average Bonchev–Trinajstić information content (AvgIpc) is 2.72. The van der Waals surface area contributed by atoms with Crippen molar-refractivity contribution in [2.45, 2.75) is 18.4 Å². The summed E-state index contributed by atoms with van der Waals surface area (Å²) in [5, 5.41) is 24.0. The maximum absolute atomic E-state index is 12.0. The normalized spacial score (nSPS) is 20.8. The summed E-state index contributed by atoms with van der Waals surface area (Å²) >= 11 is 0. The van der Waals surface area contributed by atoms with Gasteiger partial charge in [0.15, 0.2) is 0 Å². The van der Waals surface area contributed by atoms with Crippen LogP contribution in [0.2, 0.25) is 0 Å². The van der Waals surface area contributed by atoms with Crippen LogP contribution in [-0.4, -0.2) is 27.9 Å². The number of hydrogen-bond acceptors (Lipinski definition) is 5. The number of rotatable bonds is 5. The second-order valence-corrected chi connectivity index (χ2v) is 4.51. The summed E-state index contributed by atoms with van der Waals surface area (Å²) in [4.78, 5) is 44.3. The van der Waals surface area contributed by atoms with Gasteiger partial charge in [-0.3, -0.25) is 25.0 Å². The molecular weight excluding hydrogens is 282 g/mol. The summed E-state index contributed by atoms with van der Waals surface area (Å²) in [6.45, 7) is 0. The van der Waals surface area contributed by atoms with E-state index < -0.39 is 28.4 Å². The fraction of sp³-hybridized carbons (Fsp3) is 0.250. The molecule has 1 aliphatic rings. The van der Waals surface area contributed by atoms with Gasteiger partial charge in [0.2, 0.25) is 0 Å². The molecule has 1 saturated heterocycles. The van der Waals surface area contributed by atoms with Gasteiger partial charge in [-0.1, -0.05) is 12.1 Å². The zero-order valence-electron chi connectivity index (χ0n) is 10.7. The Morgan fingerprint density at radius 3 is 2.62 bits per heavy atom. The van der Waals surface area contributed by atoms with Gasteiger partial charge < -0.3 is 10.4 Å². The van der Waals surface area contributed by atoms with E-state index in [0.29, 0.717) is 0 Å². The van der Waals surface area contributed by atoms with E-state index in [1.807, 2.05) is 5.32 Å². The van der Waals surface area contributed by atoms with Crippen molar-refractivity contribution < 1.29 is 24.4 Å². The van der Waals surface area contributed by atoms with Crippen LogP contribution in [0.15, 0.2) is 24.3 Å². The number of imide groups is 1. The summed E-state index contributed by atoms with van der Waals surface area (Å²) in [5.41, 5.74) is -1.70. The van der Waals surface area contributed by atoms with Crippen LogP contribution in [0.4, 0.5) is 10.5 Å². The Bertz CT molecular complexity index is 644. The van der Waals surface area contributed by atoms with Gasteiger partial charge in [-0.05, 0) is 12.0 Å². The van der Waals surface area contributed by atoms with Crippen LogP contribution in [0.25, 0.3) is 0 Å². The molecule has 9 heteroatoms. The molecule has 1 aromatic rings. The molecule has 0 aliphatic carbocycles. The number of carboxylic acids is 1. The van der Waals surface area contributed by atoms with Crippen molar-refractivity contribution in [3.05, 3.63) is 39.9 Å². The third-order valence-electron chi connectivity index (χ3n) is 3.21. The minimum absolute atomic E-state index is 0.168. The number of carbonyl (C=O) groups excluding carboxylic acids is 2. The molecular formula is C12H11N3O6. The highest BCUT2D eigenvalue weighted by Crippen LogP contribution is 2.32. The van der Waals surface area contributed by atoms with Crippen LogP contribution in [0.5, 0.6) is 0 Å². The lowest BCUT2D eigenvalue weighted by Crippen LogP contribution is -2.44. The molecule has 0 aromatic heterocycles. The molecule has 1 aromatic carbocycles. The first-order valence-corrected chi connectivity index (χ1v) is 5.95. The third kappa shape index (κ3) is 2.66. The number of benzene rings is 1. The maximum Gasteiger partial charge on any atom is 0.322 e. The van der Waals surface area contributed by atoms with E-state index >= 15 is 0 Å². The van der Waals surface area contributed by atoms with Crippen LogP contribution in [-0.2, 0) is 15.1 Å². The van der Waals surface area contributed by atoms with Crippen molar-refractivity contribution in [1.29, 1.82) is 0 Å². The Kier molecular flexibility index (Phi) is 3.57. The highest BCUT2D eigenvalue weighted by molar-refractivity contribution is 6.07. The van der Waals surface area contributed by atoms with Gasteiger partial charge in [0.25, 0.3) is 11.6 Å². The first-order chi connectivity index (χ1) is 9.85. The van der Waals surface area contributed by atoms with Gasteiger partial charge in [-0.15, -0.1) is 0 Å². The molecule has 2 rings (SSSR count). The van der Waals surface area contributed by atoms with Gasteiger partial charge in [0.1, 0.15) is 5.54 Å². The van der Waals surface area contributed by atoms with Crippen LogP contribution in [0.3, 0.4) is 0 Å². The van der Waals surface area contributed by atoms with Crippen molar-refractivity contribution in [2.75, 3.05) is 0 Å². The molecule has 1 unspecified atom stereocenters. The topological polar surface area (TPSA) is 139 Å². The van der Waals surface area contributed by atoms with E-state index in [2.05, 4.69) is 5.32 Å². The van der Waals surface area contributed by atoms with E-state index in [1.54, 1.807) is 0 Å². The number of aliphatic carboxylic acids is 1. The molecule has 1 aliphatic heterocycles. The SMILES string of the molecule is O=C(O)CCC1(c2cccc([N+](=O)[O-])c2)NC(=O)NC1=O. The molecule has 0 bridgehead atoms. The Labute approximate surface area is 118 Å². The molecule has 0 saturated carbocycles. The minimum Gasteiger partial charge on any atom is -0.481 e. The van der Waals surface area contributed by atoms with Crippen molar-refractivity contribution in [1.82, 2.24) is 10.6 Å². The second kappa shape index (κ2) is 5.19. The molecule has 3 amide bonds. The average molecular weight is 293 g/mol. The largest absolute Gasteiger partial charge is 0.481 e. The maximum atomic E-state index is 12.0. The third-order valence-corrected chi connectivity index (χ3v) is 3.21. The van der Waals surface area contributed by atoms with Crippen LogP contribution in [0, 0.1) is 10.1 Å². The predicted molar refractivity (Wildman–Crippen MR) is 68.3 cm³/mol. The van der Waals surface area contributed by atoms with E-state index in [0.717, 1.165) is 6.07 Å². The summed E-state index contributed by atoms with van der Waals surface area (Å²) in [6.07, 6.45) is -0.586. The van der Waals surface area contributed by atoms with Gasteiger partial charge in [-0.25, -0.2) is 4.79 Å². The quantitative estimate of drug-likeness (QED) is 0.410. The summed E-state index contributed by atoms with van der Waals surface area (Å²) in [6, 6.07) is 4.42. The number of urea groups is 1. The Morgan fingerprint density at radius 2 is 2.10 bits per heavy atom. The lowest BCUT2D eigenvalue weighted by molar-refractivity contribution is -0.385. The second-order valence-electron chi connectivity index (χ2n) is 4.51. The number of nitrogens with zero attached hydrogens (tertiary/aromatic N) is 1.